The first-order valence-electron chi connectivity index (χ1n) is 14.5. The minimum atomic E-state index is -0.455. The van der Waals surface area contributed by atoms with Crippen LogP contribution in [0.2, 0.25) is 0 Å². The van der Waals surface area contributed by atoms with Gasteiger partial charge in [0.1, 0.15) is 0 Å². The molecule has 0 aromatic carbocycles. The van der Waals surface area contributed by atoms with Gasteiger partial charge in [0.15, 0.2) is 0 Å². The van der Waals surface area contributed by atoms with Crippen LogP contribution in [0.4, 0.5) is 0 Å². The molecule has 0 radical (unpaired) electrons. The first kappa shape index (κ1) is 24.7. The van der Waals surface area contributed by atoms with Gasteiger partial charge in [0.05, 0.1) is 24.4 Å². The Labute approximate surface area is 212 Å². The summed E-state index contributed by atoms with van der Waals surface area (Å²) in [5.74, 6) is 2.05. The first-order chi connectivity index (χ1) is 16.3. The summed E-state index contributed by atoms with van der Waals surface area (Å²) in [6, 6.07) is 0. The normalized spacial score (nSPS) is 57.7. The summed E-state index contributed by atoms with van der Waals surface area (Å²) in [7, 11) is 1.85. The second kappa shape index (κ2) is 7.26. The number of amides is 1. The molecule has 6 fully saturated rings. The smallest absolute Gasteiger partial charge is 0.219 e. The summed E-state index contributed by atoms with van der Waals surface area (Å²) in [4.78, 5) is 13.6. The van der Waals surface area contributed by atoms with E-state index in [1.807, 2.05) is 7.05 Å². The van der Waals surface area contributed by atoms with Crippen molar-refractivity contribution in [3.05, 3.63) is 0 Å². The van der Waals surface area contributed by atoms with Crippen molar-refractivity contribution in [2.24, 2.45) is 50.7 Å². The molecule has 5 nitrogen and oxygen atoms in total. The SMILES string of the molecule is CC(=O)N(C)CC1C[C@@H](C)[C@H]2C(O1)[C@H](O)[C@@]1(C)C3CC[C@H]4C(C)(C)C(O)CC[C@@]45C[C@@]35CC[C@]21C. The summed E-state index contributed by atoms with van der Waals surface area (Å²) < 4.78 is 6.74. The van der Waals surface area contributed by atoms with Gasteiger partial charge in [-0.15, -0.1) is 0 Å². The quantitative estimate of drug-likeness (QED) is 0.595. The molecule has 0 aromatic rings. The van der Waals surface area contributed by atoms with E-state index in [0.717, 1.165) is 12.8 Å². The largest absolute Gasteiger partial charge is 0.393 e. The molecular weight excluding hydrogens is 438 g/mol. The van der Waals surface area contributed by atoms with Gasteiger partial charge in [-0.1, -0.05) is 34.6 Å². The molecule has 0 bridgehead atoms. The third kappa shape index (κ3) is 2.74. The summed E-state index contributed by atoms with van der Waals surface area (Å²) in [6.45, 7) is 14.2. The maximum atomic E-state index is 12.2. The third-order valence-electron chi connectivity index (χ3n) is 13.9. The number of hydrogen-bond acceptors (Lipinski definition) is 4. The van der Waals surface area contributed by atoms with Gasteiger partial charge in [-0.05, 0) is 96.7 Å². The lowest BCUT2D eigenvalue weighted by Gasteiger charge is -2.63. The highest BCUT2D eigenvalue weighted by Crippen LogP contribution is 2.89. The molecule has 2 N–H and O–H groups in total. The van der Waals surface area contributed by atoms with Gasteiger partial charge in [0.2, 0.25) is 5.91 Å². The lowest BCUT2D eigenvalue weighted by molar-refractivity contribution is -0.182. The average Bonchev–Trinajstić information content (AvgIpc) is 3.41. The molecule has 2 spiro atoms. The van der Waals surface area contributed by atoms with Crippen molar-refractivity contribution in [1.82, 2.24) is 4.90 Å². The monoisotopic (exact) mass is 487 g/mol. The van der Waals surface area contributed by atoms with E-state index < -0.39 is 6.10 Å². The van der Waals surface area contributed by atoms with Crippen molar-refractivity contribution in [2.75, 3.05) is 13.6 Å². The van der Waals surface area contributed by atoms with E-state index in [1.54, 1.807) is 11.8 Å². The van der Waals surface area contributed by atoms with E-state index in [4.69, 9.17) is 4.74 Å². The Balaban J connectivity index is 1.33. The predicted octanol–water partition coefficient (Wildman–Crippen LogP) is 4.64. The van der Waals surface area contributed by atoms with E-state index in [0.29, 0.717) is 41.0 Å². The number of aliphatic hydroxyl groups is 2. The third-order valence-corrected chi connectivity index (χ3v) is 13.9. The maximum Gasteiger partial charge on any atom is 0.219 e. The van der Waals surface area contributed by atoms with Crippen molar-refractivity contribution < 1.29 is 19.7 Å². The van der Waals surface area contributed by atoms with Gasteiger partial charge in [-0.2, -0.15) is 0 Å². The topological polar surface area (TPSA) is 70.0 Å². The van der Waals surface area contributed by atoms with Crippen LogP contribution in [-0.2, 0) is 9.53 Å². The van der Waals surface area contributed by atoms with Crippen LogP contribution in [0.3, 0.4) is 0 Å². The Morgan fingerprint density at radius 2 is 1.66 bits per heavy atom. The van der Waals surface area contributed by atoms with Crippen LogP contribution in [0.5, 0.6) is 0 Å². The number of carbonyl (C=O) groups is 1. The summed E-state index contributed by atoms with van der Waals surface area (Å²) in [5, 5.41) is 23.1. The molecule has 35 heavy (non-hydrogen) atoms. The Morgan fingerprint density at radius 1 is 1.00 bits per heavy atom. The number of carbonyl (C=O) groups excluding carboxylic acids is 1. The van der Waals surface area contributed by atoms with Gasteiger partial charge in [0.25, 0.3) is 0 Å². The van der Waals surface area contributed by atoms with E-state index in [1.165, 1.54) is 38.5 Å². The highest BCUT2D eigenvalue weighted by atomic mass is 16.5. The van der Waals surface area contributed by atoms with Gasteiger partial charge in [-0.25, -0.2) is 0 Å². The number of ether oxygens (including phenoxy) is 1. The van der Waals surface area contributed by atoms with Crippen molar-refractivity contribution >= 4 is 5.91 Å². The minimum Gasteiger partial charge on any atom is -0.393 e. The molecule has 6 aliphatic rings. The lowest BCUT2D eigenvalue weighted by atomic mass is 9.41. The van der Waals surface area contributed by atoms with Crippen LogP contribution >= 0.6 is 0 Å². The van der Waals surface area contributed by atoms with Crippen LogP contribution in [0.1, 0.15) is 92.9 Å². The van der Waals surface area contributed by atoms with E-state index in [-0.39, 0.29) is 40.5 Å². The number of nitrogens with zero attached hydrogens (tertiary/aromatic N) is 1. The van der Waals surface area contributed by atoms with Crippen LogP contribution in [-0.4, -0.2) is 59.0 Å². The Hall–Kier alpha value is -0.650. The molecule has 5 heteroatoms. The molecule has 5 saturated carbocycles. The summed E-state index contributed by atoms with van der Waals surface area (Å²) in [6.07, 6.45) is 8.43. The number of rotatable bonds is 2. The van der Waals surface area contributed by atoms with Crippen molar-refractivity contribution in [1.29, 1.82) is 0 Å². The summed E-state index contributed by atoms with van der Waals surface area (Å²) in [5.41, 5.74) is 0.628. The molecule has 4 unspecified atom stereocenters. The van der Waals surface area contributed by atoms with Crippen LogP contribution in [0.15, 0.2) is 0 Å². The van der Waals surface area contributed by atoms with E-state index in [2.05, 4.69) is 34.6 Å². The second-order valence-electron chi connectivity index (χ2n) is 15.1. The van der Waals surface area contributed by atoms with Gasteiger partial charge < -0.3 is 19.8 Å². The van der Waals surface area contributed by atoms with Crippen LogP contribution in [0.25, 0.3) is 0 Å². The zero-order valence-electron chi connectivity index (χ0n) is 23.1. The fourth-order valence-electron chi connectivity index (χ4n) is 11.9. The standard InChI is InChI=1S/C30H49NO4/c1-17-14-19(15-31(7)18(2)32)35-24-23(17)27(5)12-13-30-16-29(30)11-10-22(33)26(3,4)20(29)8-9-21(30)28(27,6)25(24)34/h17,19-25,33-34H,8-16H2,1-7H3/t17-,19?,20+,21?,22?,23+,24?,25+,27-,28-,29-,30+/m1/s1. The number of likely N-dealkylation sites (N-methyl/N-ethyl adjacent to an activating group) is 1. The van der Waals surface area contributed by atoms with E-state index >= 15 is 0 Å². The predicted molar refractivity (Wildman–Crippen MR) is 135 cm³/mol. The molecule has 198 valence electrons. The molecule has 6 rings (SSSR count). The number of hydrogen-bond donors (Lipinski definition) is 2. The number of aliphatic hydroxyl groups excluding tert-OH is 2. The molecule has 1 saturated heterocycles. The fourth-order valence-corrected chi connectivity index (χ4v) is 11.9. The second-order valence-corrected chi connectivity index (χ2v) is 15.1. The fraction of sp³-hybridized carbons (Fsp3) is 0.967. The zero-order chi connectivity index (χ0) is 25.3. The molecule has 5 aliphatic carbocycles. The lowest BCUT2D eigenvalue weighted by Crippen LogP contribution is -2.59. The highest BCUT2D eigenvalue weighted by molar-refractivity contribution is 5.72. The van der Waals surface area contributed by atoms with Crippen molar-refractivity contribution in [3.63, 3.8) is 0 Å². The molecular formula is C30H49NO4. The first-order valence-corrected chi connectivity index (χ1v) is 14.5. The Morgan fingerprint density at radius 3 is 2.34 bits per heavy atom. The van der Waals surface area contributed by atoms with Gasteiger partial charge in [-0.3, -0.25) is 4.79 Å². The highest BCUT2D eigenvalue weighted by Gasteiger charge is 2.84. The van der Waals surface area contributed by atoms with Crippen LogP contribution in [0, 0.1) is 50.7 Å². The Kier molecular flexibility index (Phi) is 5.12. The molecule has 12 atom stereocenters. The van der Waals surface area contributed by atoms with Crippen LogP contribution < -0.4 is 0 Å². The summed E-state index contributed by atoms with van der Waals surface area (Å²) >= 11 is 0. The van der Waals surface area contributed by atoms with Crippen molar-refractivity contribution in [2.45, 2.75) is 117 Å². The molecule has 0 aromatic heterocycles. The maximum absolute atomic E-state index is 12.2. The van der Waals surface area contributed by atoms with E-state index in [9.17, 15) is 15.0 Å². The van der Waals surface area contributed by atoms with Gasteiger partial charge in [0, 0.05) is 25.9 Å². The zero-order valence-corrected chi connectivity index (χ0v) is 23.1. The van der Waals surface area contributed by atoms with Crippen molar-refractivity contribution in [3.8, 4) is 0 Å². The minimum absolute atomic E-state index is 0.000233. The molecule has 1 heterocycles. The van der Waals surface area contributed by atoms with Gasteiger partial charge >= 0.3 is 0 Å². The molecule has 1 amide bonds. The average molecular weight is 488 g/mol. The number of fused-ring (bicyclic) bond motifs is 4. The molecule has 1 aliphatic heterocycles. The Bertz CT molecular complexity index is 920.